The summed E-state index contributed by atoms with van der Waals surface area (Å²) in [5.41, 5.74) is 1.86. The topological polar surface area (TPSA) is 80.1 Å². The Morgan fingerprint density at radius 2 is 2.00 bits per heavy atom. The maximum absolute atomic E-state index is 5.39. The molecule has 0 aromatic carbocycles. The zero-order valence-electron chi connectivity index (χ0n) is 11.9. The van der Waals surface area contributed by atoms with Crippen molar-refractivity contribution in [3.05, 3.63) is 11.8 Å². The summed E-state index contributed by atoms with van der Waals surface area (Å²) in [6.07, 6.45) is 4.45. The van der Waals surface area contributed by atoms with Crippen LogP contribution in [-0.4, -0.2) is 46.6 Å². The van der Waals surface area contributed by atoms with Gasteiger partial charge in [0.25, 0.3) is 11.8 Å². The van der Waals surface area contributed by atoms with E-state index in [1.807, 2.05) is 6.07 Å². The van der Waals surface area contributed by atoms with Gasteiger partial charge in [0, 0.05) is 37.9 Å². The van der Waals surface area contributed by atoms with Crippen LogP contribution in [0.1, 0.15) is 37.3 Å². The summed E-state index contributed by atoms with van der Waals surface area (Å²) >= 11 is 0. The van der Waals surface area contributed by atoms with Crippen LogP contribution in [0, 0.1) is 0 Å². The van der Waals surface area contributed by atoms with E-state index in [9.17, 15) is 0 Å². The number of H-pyrrole nitrogens is 1. The van der Waals surface area contributed by atoms with E-state index in [1.165, 1.54) is 12.8 Å². The minimum absolute atomic E-state index is 0.487. The van der Waals surface area contributed by atoms with Gasteiger partial charge in [-0.2, -0.15) is 10.1 Å². The second kappa shape index (κ2) is 5.48. The number of nitrogens with one attached hydrogen (secondary N) is 1. The highest BCUT2D eigenvalue weighted by atomic mass is 16.5. The molecule has 0 amide bonds. The van der Waals surface area contributed by atoms with Gasteiger partial charge in [0.1, 0.15) is 0 Å². The summed E-state index contributed by atoms with van der Waals surface area (Å²) < 4.78 is 10.7. The molecule has 2 fully saturated rings. The van der Waals surface area contributed by atoms with E-state index in [-0.39, 0.29) is 0 Å². The Morgan fingerprint density at radius 3 is 2.81 bits per heavy atom. The van der Waals surface area contributed by atoms with Crippen molar-refractivity contribution < 1.29 is 9.26 Å². The maximum atomic E-state index is 5.39. The minimum Gasteiger partial charge on any atom is -0.381 e. The molecule has 0 saturated carbocycles. The van der Waals surface area contributed by atoms with Gasteiger partial charge in [0.2, 0.25) is 0 Å². The molecule has 4 heterocycles. The fourth-order valence-electron chi connectivity index (χ4n) is 3.03. The molecule has 4 rings (SSSR count). The third-order valence-electron chi connectivity index (χ3n) is 4.28. The lowest BCUT2D eigenvalue weighted by Crippen LogP contribution is -2.18. The van der Waals surface area contributed by atoms with Crippen molar-refractivity contribution in [2.45, 2.75) is 31.6 Å². The molecule has 0 bridgehead atoms. The number of hydrogen-bond donors (Lipinski definition) is 1. The molecule has 0 unspecified atom stereocenters. The summed E-state index contributed by atoms with van der Waals surface area (Å²) in [5.74, 6) is 1.66. The van der Waals surface area contributed by atoms with Crippen LogP contribution in [-0.2, 0) is 4.74 Å². The molecule has 2 aromatic heterocycles. The van der Waals surface area contributed by atoms with Crippen molar-refractivity contribution in [1.82, 2.24) is 20.3 Å². The summed E-state index contributed by atoms with van der Waals surface area (Å²) in [4.78, 5) is 6.61. The first kappa shape index (κ1) is 12.8. The van der Waals surface area contributed by atoms with Crippen LogP contribution in [0.15, 0.2) is 10.6 Å². The van der Waals surface area contributed by atoms with Crippen molar-refractivity contribution in [3.8, 4) is 11.6 Å². The average Bonchev–Trinajstić information content (AvgIpc) is 3.27. The third-order valence-corrected chi connectivity index (χ3v) is 4.28. The van der Waals surface area contributed by atoms with Crippen LogP contribution in [0.3, 0.4) is 0 Å². The van der Waals surface area contributed by atoms with Crippen LogP contribution in [0.4, 0.5) is 5.95 Å². The normalized spacial score (nSPS) is 20.3. The number of rotatable bonds is 3. The second-order valence-corrected chi connectivity index (χ2v) is 5.69. The molecule has 2 aromatic rings. The smallest absolute Gasteiger partial charge is 0.280 e. The highest BCUT2D eigenvalue weighted by Gasteiger charge is 2.22. The number of anilines is 1. The Kier molecular flexibility index (Phi) is 3.34. The summed E-state index contributed by atoms with van der Waals surface area (Å²) in [6.45, 7) is 3.65. The van der Waals surface area contributed by atoms with Crippen molar-refractivity contribution in [2.75, 3.05) is 31.2 Å². The monoisotopic (exact) mass is 289 g/mol. The molecular formula is C14H19N5O2. The lowest BCUT2D eigenvalue weighted by Gasteiger charge is -2.20. The van der Waals surface area contributed by atoms with Crippen molar-refractivity contribution >= 4 is 5.95 Å². The highest BCUT2D eigenvalue weighted by Crippen LogP contribution is 2.28. The van der Waals surface area contributed by atoms with Crippen LogP contribution in [0.2, 0.25) is 0 Å². The highest BCUT2D eigenvalue weighted by molar-refractivity contribution is 5.49. The van der Waals surface area contributed by atoms with E-state index in [0.717, 1.165) is 50.5 Å². The molecule has 0 spiro atoms. The van der Waals surface area contributed by atoms with Gasteiger partial charge in [-0.25, -0.2) is 0 Å². The van der Waals surface area contributed by atoms with E-state index in [4.69, 9.17) is 9.26 Å². The number of hydrogen-bond acceptors (Lipinski definition) is 6. The largest absolute Gasteiger partial charge is 0.381 e. The van der Waals surface area contributed by atoms with Gasteiger partial charge in [0.15, 0.2) is 5.69 Å². The molecule has 0 aliphatic carbocycles. The van der Waals surface area contributed by atoms with Gasteiger partial charge in [-0.1, -0.05) is 0 Å². The maximum Gasteiger partial charge on any atom is 0.280 e. The van der Waals surface area contributed by atoms with Crippen molar-refractivity contribution in [1.29, 1.82) is 0 Å². The molecule has 7 nitrogen and oxygen atoms in total. The molecule has 0 radical (unpaired) electrons. The molecule has 2 aliphatic heterocycles. The van der Waals surface area contributed by atoms with Crippen LogP contribution < -0.4 is 4.90 Å². The first-order valence-corrected chi connectivity index (χ1v) is 7.62. The fourth-order valence-corrected chi connectivity index (χ4v) is 3.03. The van der Waals surface area contributed by atoms with Gasteiger partial charge in [0.05, 0.1) is 0 Å². The molecule has 7 heteroatoms. The zero-order valence-corrected chi connectivity index (χ0v) is 11.9. The fraction of sp³-hybridized carbons (Fsp3) is 0.643. The second-order valence-electron chi connectivity index (χ2n) is 5.69. The molecule has 21 heavy (non-hydrogen) atoms. The van der Waals surface area contributed by atoms with Crippen molar-refractivity contribution in [2.24, 2.45) is 0 Å². The van der Waals surface area contributed by atoms with Gasteiger partial charge in [-0.3, -0.25) is 5.10 Å². The number of aromatic amines is 1. The summed E-state index contributed by atoms with van der Waals surface area (Å²) in [6, 6.07) is 2.03. The van der Waals surface area contributed by atoms with Gasteiger partial charge >= 0.3 is 0 Å². The van der Waals surface area contributed by atoms with Crippen LogP contribution in [0.25, 0.3) is 11.6 Å². The van der Waals surface area contributed by atoms with Crippen molar-refractivity contribution in [3.63, 3.8) is 0 Å². The summed E-state index contributed by atoms with van der Waals surface area (Å²) in [5, 5.41) is 11.5. The first-order chi connectivity index (χ1) is 10.4. The van der Waals surface area contributed by atoms with Gasteiger partial charge < -0.3 is 14.2 Å². The molecule has 2 saturated heterocycles. The third kappa shape index (κ3) is 2.53. The van der Waals surface area contributed by atoms with E-state index >= 15 is 0 Å². The quantitative estimate of drug-likeness (QED) is 0.930. The van der Waals surface area contributed by atoms with Gasteiger partial charge in [-0.05, 0) is 36.9 Å². The molecule has 1 N–H and O–H groups in total. The Bertz CT molecular complexity index is 596. The minimum atomic E-state index is 0.487. The SMILES string of the molecule is c1c(-c2nc(N3CCCC3)no2)n[nH]c1C1CCOCC1. The average molecular weight is 289 g/mol. The Balaban J connectivity index is 1.52. The Hall–Kier alpha value is -1.89. The molecule has 112 valence electrons. The van der Waals surface area contributed by atoms with Crippen LogP contribution >= 0.6 is 0 Å². The Labute approximate surface area is 122 Å². The number of aromatic nitrogens is 4. The zero-order chi connectivity index (χ0) is 14.1. The predicted octanol–water partition coefficient (Wildman–Crippen LogP) is 1.95. The molecule has 0 atom stereocenters. The van der Waals surface area contributed by atoms with Crippen LogP contribution in [0.5, 0.6) is 0 Å². The van der Waals surface area contributed by atoms with Gasteiger partial charge in [-0.15, -0.1) is 0 Å². The first-order valence-electron chi connectivity index (χ1n) is 7.62. The molecule has 2 aliphatic rings. The van der Waals surface area contributed by atoms with E-state index in [0.29, 0.717) is 17.8 Å². The predicted molar refractivity (Wildman–Crippen MR) is 76.1 cm³/mol. The van der Waals surface area contributed by atoms with E-state index in [1.54, 1.807) is 0 Å². The standard InChI is InChI=1S/C14H19N5O2/c1-2-6-19(5-1)14-15-13(21-18-14)12-9-11(16-17-12)10-3-7-20-8-4-10/h9-10H,1-8H2,(H,16,17). The van der Waals surface area contributed by atoms with E-state index < -0.39 is 0 Å². The summed E-state index contributed by atoms with van der Waals surface area (Å²) in [7, 11) is 0. The lowest BCUT2D eigenvalue weighted by molar-refractivity contribution is 0.0845. The number of nitrogens with zero attached hydrogens (tertiary/aromatic N) is 4. The Morgan fingerprint density at radius 1 is 1.19 bits per heavy atom. The molecular weight excluding hydrogens is 270 g/mol. The van der Waals surface area contributed by atoms with E-state index in [2.05, 4.69) is 25.2 Å². The lowest BCUT2D eigenvalue weighted by atomic mass is 9.96. The number of ether oxygens (including phenoxy) is 1.